The molecule has 0 aromatic heterocycles. The molecule has 12 heavy (non-hydrogen) atoms. The summed E-state index contributed by atoms with van der Waals surface area (Å²) >= 11 is 8.24. The Kier molecular flexibility index (Phi) is 8.65. The van der Waals surface area contributed by atoms with Gasteiger partial charge in [-0.25, -0.2) is 0 Å². The number of hydrogen-bond acceptors (Lipinski definition) is 4. The van der Waals surface area contributed by atoms with Crippen LogP contribution >= 0.6 is 25.3 Å². The Morgan fingerprint density at radius 3 is 1.33 bits per heavy atom. The van der Waals surface area contributed by atoms with Crippen LogP contribution in [0.25, 0.3) is 0 Å². The Balaban J connectivity index is 3.27. The van der Waals surface area contributed by atoms with Crippen molar-refractivity contribution in [1.29, 1.82) is 0 Å². The van der Waals surface area contributed by atoms with E-state index in [-0.39, 0.29) is 12.1 Å². The van der Waals surface area contributed by atoms with Crippen LogP contribution in [0.1, 0.15) is 25.7 Å². The molecular weight excluding hydrogens is 188 g/mol. The normalized spacial score (nSPS) is 16.0. The van der Waals surface area contributed by atoms with Gasteiger partial charge in [0.25, 0.3) is 0 Å². The summed E-state index contributed by atoms with van der Waals surface area (Å²) in [5, 5.41) is 0. The van der Waals surface area contributed by atoms with Crippen LogP contribution in [0.3, 0.4) is 0 Å². The lowest BCUT2D eigenvalue weighted by Gasteiger charge is -2.13. The molecule has 0 spiro atoms. The minimum atomic E-state index is 0.272. The van der Waals surface area contributed by atoms with Gasteiger partial charge >= 0.3 is 0 Å². The topological polar surface area (TPSA) is 52.0 Å². The molecule has 0 radical (unpaired) electrons. The Hall–Kier alpha value is 0.620. The maximum atomic E-state index is 5.81. The van der Waals surface area contributed by atoms with E-state index in [0.717, 1.165) is 37.2 Å². The van der Waals surface area contributed by atoms with Gasteiger partial charge < -0.3 is 11.5 Å². The standard InChI is InChI=1S/C8H20N2S2/c9-7(3-5-11)1-2-8(10)4-6-12/h7-8,11-12H,1-6,9-10H2. The highest BCUT2D eigenvalue weighted by molar-refractivity contribution is 7.80. The van der Waals surface area contributed by atoms with Crippen LogP contribution in [0.2, 0.25) is 0 Å². The van der Waals surface area contributed by atoms with Gasteiger partial charge in [0.1, 0.15) is 0 Å². The zero-order chi connectivity index (χ0) is 9.40. The first-order valence-electron chi connectivity index (χ1n) is 4.43. The molecule has 0 aromatic carbocycles. The molecule has 2 nitrogen and oxygen atoms in total. The first-order chi connectivity index (χ1) is 5.70. The van der Waals surface area contributed by atoms with Crippen molar-refractivity contribution < 1.29 is 0 Å². The Labute approximate surface area is 86.3 Å². The second-order valence-corrected chi connectivity index (χ2v) is 4.02. The largest absolute Gasteiger partial charge is 0.328 e. The minimum absolute atomic E-state index is 0.272. The summed E-state index contributed by atoms with van der Waals surface area (Å²) in [5.74, 6) is 1.73. The van der Waals surface area contributed by atoms with Gasteiger partial charge in [-0.05, 0) is 37.2 Å². The van der Waals surface area contributed by atoms with E-state index in [9.17, 15) is 0 Å². The molecular formula is C8H20N2S2. The molecule has 2 unspecified atom stereocenters. The molecule has 0 saturated carbocycles. The monoisotopic (exact) mass is 208 g/mol. The molecule has 74 valence electrons. The van der Waals surface area contributed by atoms with Crippen molar-refractivity contribution >= 4 is 25.3 Å². The van der Waals surface area contributed by atoms with Crippen molar-refractivity contribution in [3.8, 4) is 0 Å². The summed E-state index contributed by atoms with van der Waals surface area (Å²) in [7, 11) is 0. The zero-order valence-corrected chi connectivity index (χ0v) is 9.24. The SMILES string of the molecule is NC(CCS)CCC(N)CCS. The van der Waals surface area contributed by atoms with Gasteiger partial charge in [-0.2, -0.15) is 25.3 Å². The summed E-state index contributed by atoms with van der Waals surface area (Å²) in [4.78, 5) is 0. The van der Waals surface area contributed by atoms with Gasteiger partial charge in [0.15, 0.2) is 0 Å². The molecule has 0 heterocycles. The van der Waals surface area contributed by atoms with Crippen molar-refractivity contribution in [3.05, 3.63) is 0 Å². The highest BCUT2D eigenvalue weighted by Gasteiger charge is 2.05. The third kappa shape index (κ3) is 7.28. The Bertz CT molecular complexity index is 89.1. The zero-order valence-electron chi connectivity index (χ0n) is 7.45. The summed E-state index contributed by atoms with van der Waals surface area (Å²) in [5.41, 5.74) is 11.6. The fourth-order valence-electron chi connectivity index (χ4n) is 1.05. The summed E-state index contributed by atoms with van der Waals surface area (Å²) in [6.07, 6.45) is 3.98. The van der Waals surface area contributed by atoms with Gasteiger partial charge in [-0.15, -0.1) is 0 Å². The molecule has 4 heteroatoms. The molecule has 0 fully saturated rings. The molecule has 4 N–H and O–H groups in total. The summed E-state index contributed by atoms with van der Waals surface area (Å²) in [6.45, 7) is 0. The van der Waals surface area contributed by atoms with Crippen molar-refractivity contribution in [1.82, 2.24) is 0 Å². The van der Waals surface area contributed by atoms with Gasteiger partial charge in [-0.3, -0.25) is 0 Å². The van der Waals surface area contributed by atoms with E-state index >= 15 is 0 Å². The molecule has 0 aliphatic carbocycles. The van der Waals surface area contributed by atoms with Crippen LogP contribution in [-0.2, 0) is 0 Å². The molecule has 0 aliphatic rings. The van der Waals surface area contributed by atoms with Gasteiger partial charge in [0.05, 0.1) is 0 Å². The van der Waals surface area contributed by atoms with Crippen LogP contribution in [0, 0.1) is 0 Å². The van der Waals surface area contributed by atoms with Crippen molar-refractivity contribution in [2.75, 3.05) is 11.5 Å². The van der Waals surface area contributed by atoms with Crippen LogP contribution in [0.15, 0.2) is 0 Å². The van der Waals surface area contributed by atoms with Gasteiger partial charge in [0.2, 0.25) is 0 Å². The minimum Gasteiger partial charge on any atom is -0.328 e. The molecule has 2 atom stereocenters. The molecule has 0 amide bonds. The summed E-state index contributed by atoms with van der Waals surface area (Å²) < 4.78 is 0. The molecule has 0 saturated heterocycles. The van der Waals surface area contributed by atoms with Gasteiger partial charge in [0, 0.05) is 12.1 Å². The van der Waals surface area contributed by atoms with Crippen molar-refractivity contribution in [2.24, 2.45) is 11.5 Å². The second-order valence-electron chi connectivity index (χ2n) is 3.12. The third-order valence-electron chi connectivity index (χ3n) is 1.91. The maximum absolute atomic E-state index is 5.81. The molecule has 0 aliphatic heterocycles. The van der Waals surface area contributed by atoms with E-state index in [1.165, 1.54) is 0 Å². The molecule has 0 rings (SSSR count). The van der Waals surface area contributed by atoms with Crippen LogP contribution in [-0.4, -0.2) is 23.6 Å². The fourth-order valence-corrected chi connectivity index (χ4v) is 1.71. The van der Waals surface area contributed by atoms with E-state index in [1.807, 2.05) is 0 Å². The lowest BCUT2D eigenvalue weighted by molar-refractivity contribution is 0.506. The summed E-state index contributed by atoms with van der Waals surface area (Å²) in [6, 6.07) is 0.543. The first-order valence-corrected chi connectivity index (χ1v) is 5.70. The highest BCUT2D eigenvalue weighted by atomic mass is 32.1. The van der Waals surface area contributed by atoms with Gasteiger partial charge in [-0.1, -0.05) is 0 Å². The first kappa shape index (κ1) is 12.6. The third-order valence-corrected chi connectivity index (χ3v) is 2.42. The lowest BCUT2D eigenvalue weighted by atomic mass is 10.0. The lowest BCUT2D eigenvalue weighted by Crippen LogP contribution is -2.26. The average molecular weight is 208 g/mol. The predicted molar refractivity (Wildman–Crippen MR) is 62.1 cm³/mol. The Morgan fingerprint density at radius 1 is 0.750 bits per heavy atom. The molecule has 0 bridgehead atoms. The maximum Gasteiger partial charge on any atom is 0.00471 e. The van der Waals surface area contributed by atoms with Crippen LogP contribution in [0.4, 0.5) is 0 Å². The number of nitrogens with two attached hydrogens (primary N) is 2. The van der Waals surface area contributed by atoms with E-state index in [1.54, 1.807) is 0 Å². The Morgan fingerprint density at radius 2 is 1.08 bits per heavy atom. The number of rotatable bonds is 7. The smallest absolute Gasteiger partial charge is 0.00471 e. The van der Waals surface area contributed by atoms with E-state index in [4.69, 9.17) is 11.5 Å². The average Bonchev–Trinajstić information content (AvgIpc) is 2.02. The fraction of sp³-hybridized carbons (Fsp3) is 1.00. The van der Waals surface area contributed by atoms with Crippen molar-refractivity contribution in [3.63, 3.8) is 0 Å². The highest BCUT2D eigenvalue weighted by Crippen LogP contribution is 2.05. The number of hydrogen-bond donors (Lipinski definition) is 4. The predicted octanol–water partition coefficient (Wildman–Crippen LogP) is 1.06. The quantitative estimate of drug-likeness (QED) is 0.473. The van der Waals surface area contributed by atoms with Crippen LogP contribution in [0.5, 0.6) is 0 Å². The van der Waals surface area contributed by atoms with E-state index in [0.29, 0.717) is 0 Å². The van der Waals surface area contributed by atoms with Crippen LogP contribution < -0.4 is 11.5 Å². The number of thiol groups is 2. The van der Waals surface area contributed by atoms with E-state index in [2.05, 4.69) is 25.3 Å². The van der Waals surface area contributed by atoms with E-state index < -0.39 is 0 Å². The van der Waals surface area contributed by atoms with Crippen molar-refractivity contribution in [2.45, 2.75) is 37.8 Å². The second kappa shape index (κ2) is 8.23. The molecule has 0 aromatic rings.